The molecule has 0 saturated carbocycles. The summed E-state index contributed by atoms with van der Waals surface area (Å²) >= 11 is 3.28. The summed E-state index contributed by atoms with van der Waals surface area (Å²) in [5, 5.41) is 24.6. The van der Waals surface area contributed by atoms with Crippen molar-refractivity contribution in [2.75, 3.05) is 0 Å². The first-order valence-corrected chi connectivity index (χ1v) is 6.51. The van der Waals surface area contributed by atoms with Crippen LogP contribution in [-0.2, 0) is 22.9 Å². The van der Waals surface area contributed by atoms with Crippen LogP contribution in [0.2, 0.25) is 0 Å². The summed E-state index contributed by atoms with van der Waals surface area (Å²) in [6.07, 6.45) is 3.04. The molecular formula is C14H13BrNiO2. The SMILES string of the molecule is CCCCc1cc([O-])c2c([O-])cc(Br)cc2c1.[Ni+2]. The summed E-state index contributed by atoms with van der Waals surface area (Å²) in [5.41, 5.74) is 1.02. The molecule has 0 fully saturated rings. The molecule has 0 amide bonds. The number of hydrogen-bond donors (Lipinski definition) is 0. The zero-order valence-corrected chi connectivity index (χ0v) is 12.5. The minimum atomic E-state index is -0.207. The molecule has 0 unspecified atom stereocenters. The van der Waals surface area contributed by atoms with Gasteiger partial charge in [0.1, 0.15) is 0 Å². The molecule has 0 atom stereocenters. The number of fused-ring (bicyclic) bond motifs is 1. The Bertz CT molecular complexity index is 555. The van der Waals surface area contributed by atoms with E-state index in [4.69, 9.17) is 0 Å². The molecule has 0 radical (unpaired) electrons. The fourth-order valence-electron chi connectivity index (χ4n) is 1.99. The molecule has 0 aliphatic rings. The summed E-state index contributed by atoms with van der Waals surface area (Å²) in [5.74, 6) is -0.368. The van der Waals surface area contributed by atoms with Crippen LogP contribution in [0.25, 0.3) is 10.8 Å². The molecule has 2 aromatic carbocycles. The van der Waals surface area contributed by atoms with Crippen LogP contribution in [-0.4, -0.2) is 0 Å². The predicted octanol–water partition coefficient (Wildman–Crippen LogP) is 3.09. The van der Waals surface area contributed by atoms with Gasteiger partial charge >= 0.3 is 16.5 Å². The normalized spacial score (nSPS) is 10.3. The van der Waals surface area contributed by atoms with E-state index in [0.29, 0.717) is 5.39 Å². The molecule has 0 bridgehead atoms. The van der Waals surface area contributed by atoms with E-state index >= 15 is 0 Å². The van der Waals surface area contributed by atoms with Crippen LogP contribution in [0.1, 0.15) is 25.3 Å². The van der Waals surface area contributed by atoms with Crippen LogP contribution in [0.4, 0.5) is 0 Å². The van der Waals surface area contributed by atoms with Gasteiger partial charge in [-0.1, -0.05) is 47.5 Å². The monoisotopic (exact) mass is 350 g/mol. The zero-order chi connectivity index (χ0) is 12.4. The van der Waals surface area contributed by atoms with E-state index < -0.39 is 0 Å². The van der Waals surface area contributed by atoms with Gasteiger partial charge in [0, 0.05) is 4.47 Å². The number of unbranched alkanes of at least 4 members (excludes halogenated alkanes) is 1. The van der Waals surface area contributed by atoms with Crippen molar-refractivity contribution in [2.24, 2.45) is 0 Å². The van der Waals surface area contributed by atoms with E-state index in [1.165, 1.54) is 6.07 Å². The quantitative estimate of drug-likeness (QED) is 0.798. The van der Waals surface area contributed by atoms with E-state index in [1.807, 2.05) is 12.1 Å². The van der Waals surface area contributed by atoms with E-state index in [0.717, 1.165) is 34.7 Å². The maximum Gasteiger partial charge on any atom is 2.00 e. The first-order chi connectivity index (χ1) is 8.11. The fraction of sp³-hybridized carbons (Fsp3) is 0.286. The van der Waals surface area contributed by atoms with Crippen molar-refractivity contribution in [3.63, 3.8) is 0 Å². The molecule has 2 rings (SSSR count). The van der Waals surface area contributed by atoms with Crippen molar-refractivity contribution in [3.05, 3.63) is 34.3 Å². The minimum Gasteiger partial charge on any atom is -0.872 e. The molecule has 98 valence electrons. The molecule has 0 heterocycles. The number of halogens is 1. The summed E-state index contributed by atoms with van der Waals surface area (Å²) in [4.78, 5) is 0. The van der Waals surface area contributed by atoms with Crippen LogP contribution in [0.5, 0.6) is 11.5 Å². The third-order valence-electron chi connectivity index (χ3n) is 2.82. The second-order valence-corrected chi connectivity index (χ2v) is 5.12. The number of hydrogen-bond acceptors (Lipinski definition) is 2. The predicted molar refractivity (Wildman–Crippen MR) is 69.2 cm³/mol. The Morgan fingerprint density at radius 2 is 1.72 bits per heavy atom. The van der Waals surface area contributed by atoms with Crippen molar-refractivity contribution in [1.29, 1.82) is 0 Å². The van der Waals surface area contributed by atoms with E-state index in [-0.39, 0.29) is 28.0 Å². The molecule has 0 saturated heterocycles. The summed E-state index contributed by atoms with van der Waals surface area (Å²) in [6, 6.07) is 6.80. The van der Waals surface area contributed by atoms with Gasteiger partial charge < -0.3 is 10.2 Å². The summed E-state index contributed by atoms with van der Waals surface area (Å²) in [6.45, 7) is 2.12. The van der Waals surface area contributed by atoms with Gasteiger partial charge in [-0.3, -0.25) is 0 Å². The molecule has 0 aliphatic heterocycles. The molecule has 0 aliphatic carbocycles. The van der Waals surface area contributed by atoms with Crippen LogP contribution in [0.3, 0.4) is 0 Å². The Morgan fingerprint density at radius 1 is 1.06 bits per heavy atom. The third kappa shape index (κ3) is 3.18. The Balaban J connectivity index is 0.00000162. The van der Waals surface area contributed by atoms with Gasteiger partial charge in [0.15, 0.2) is 0 Å². The average molecular weight is 352 g/mol. The van der Waals surface area contributed by atoms with E-state index in [1.54, 1.807) is 6.07 Å². The van der Waals surface area contributed by atoms with Gasteiger partial charge in [-0.05, 0) is 35.2 Å². The Kier molecular flexibility index (Phi) is 5.49. The number of rotatable bonds is 3. The van der Waals surface area contributed by atoms with Crippen molar-refractivity contribution in [3.8, 4) is 11.5 Å². The standard InChI is InChI=1S/C14H15BrO2.Ni/c1-2-3-4-9-5-10-7-11(15)8-13(17)14(10)12(16)6-9;/h5-8,16-17H,2-4H2,1H3;/q;+2/p-2. The van der Waals surface area contributed by atoms with Gasteiger partial charge in [0.2, 0.25) is 0 Å². The first-order valence-electron chi connectivity index (χ1n) is 5.72. The number of benzene rings is 2. The van der Waals surface area contributed by atoms with E-state index in [9.17, 15) is 10.2 Å². The smallest absolute Gasteiger partial charge is 0.872 e. The van der Waals surface area contributed by atoms with Gasteiger partial charge in [-0.25, -0.2) is 0 Å². The first kappa shape index (κ1) is 15.3. The van der Waals surface area contributed by atoms with Gasteiger partial charge in [0.05, 0.1) is 0 Å². The molecule has 2 nitrogen and oxygen atoms in total. The largest absolute Gasteiger partial charge is 2.00 e. The molecule has 0 spiro atoms. The maximum absolute atomic E-state index is 11.9. The number of aryl methyl sites for hydroxylation is 1. The molecule has 2 aromatic rings. The average Bonchev–Trinajstić information content (AvgIpc) is 2.24. The van der Waals surface area contributed by atoms with Gasteiger partial charge in [-0.15, -0.1) is 11.5 Å². The van der Waals surface area contributed by atoms with Crippen LogP contribution in [0.15, 0.2) is 28.7 Å². The molecule has 0 aromatic heterocycles. The van der Waals surface area contributed by atoms with Crippen molar-refractivity contribution >= 4 is 26.7 Å². The van der Waals surface area contributed by atoms with E-state index in [2.05, 4.69) is 22.9 Å². The van der Waals surface area contributed by atoms with Crippen LogP contribution in [0, 0.1) is 0 Å². The van der Waals surface area contributed by atoms with Crippen molar-refractivity contribution < 1.29 is 26.7 Å². The Morgan fingerprint density at radius 3 is 2.39 bits per heavy atom. The Labute approximate surface area is 125 Å². The molecular weight excluding hydrogens is 339 g/mol. The second kappa shape index (κ2) is 6.44. The summed E-state index contributed by atoms with van der Waals surface area (Å²) < 4.78 is 0.724. The van der Waals surface area contributed by atoms with Gasteiger partial charge in [-0.2, -0.15) is 0 Å². The topological polar surface area (TPSA) is 46.1 Å². The van der Waals surface area contributed by atoms with Crippen molar-refractivity contribution in [2.45, 2.75) is 26.2 Å². The zero-order valence-electron chi connectivity index (χ0n) is 9.94. The third-order valence-corrected chi connectivity index (χ3v) is 3.28. The van der Waals surface area contributed by atoms with Crippen molar-refractivity contribution in [1.82, 2.24) is 0 Å². The fourth-order valence-corrected chi connectivity index (χ4v) is 2.44. The van der Waals surface area contributed by atoms with Crippen LogP contribution < -0.4 is 10.2 Å². The Hall–Kier alpha value is -0.726. The molecule has 4 heteroatoms. The van der Waals surface area contributed by atoms with Gasteiger partial charge in [0.25, 0.3) is 0 Å². The maximum atomic E-state index is 11.9. The minimum absolute atomic E-state index is 0. The van der Waals surface area contributed by atoms with Crippen LogP contribution >= 0.6 is 15.9 Å². The summed E-state index contributed by atoms with van der Waals surface area (Å²) in [7, 11) is 0. The molecule has 18 heavy (non-hydrogen) atoms. The molecule has 0 N–H and O–H groups in total. The second-order valence-electron chi connectivity index (χ2n) is 4.20.